The molecule has 0 bridgehead atoms. The Hall–Kier alpha value is -1.14. The molecule has 2 aliphatic rings. The van der Waals surface area contributed by atoms with Crippen molar-refractivity contribution in [3.63, 3.8) is 0 Å². The van der Waals surface area contributed by atoms with E-state index in [1.165, 1.54) is 37.0 Å². The molecule has 1 saturated heterocycles. The first kappa shape index (κ1) is 18.6. The lowest BCUT2D eigenvalue weighted by atomic mass is 9.76. The smallest absolute Gasteiger partial charge is 0.280 e. The SMILES string of the molecule is CCC(C)(C)C1CC[C@@H](N2CCN(c3cnc(C(=O)NC)s3)CC2)C1. The largest absolute Gasteiger partial charge is 0.360 e. The molecule has 2 fully saturated rings. The minimum Gasteiger partial charge on any atom is -0.360 e. The van der Waals surface area contributed by atoms with Crippen LogP contribution in [0.4, 0.5) is 5.00 Å². The Balaban J connectivity index is 1.52. The zero-order valence-corrected chi connectivity index (χ0v) is 16.9. The van der Waals surface area contributed by atoms with Crippen molar-refractivity contribution < 1.29 is 4.79 Å². The fourth-order valence-electron chi connectivity index (χ4n) is 4.22. The van der Waals surface area contributed by atoms with E-state index >= 15 is 0 Å². The van der Waals surface area contributed by atoms with Crippen molar-refractivity contribution in [1.82, 2.24) is 15.2 Å². The van der Waals surface area contributed by atoms with Crippen molar-refractivity contribution in [2.45, 2.75) is 52.5 Å². The maximum atomic E-state index is 11.7. The van der Waals surface area contributed by atoms with E-state index in [9.17, 15) is 4.79 Å². The third kappa shape index (κ3) is 4.00. The van der Waals surface area contributed by atoms with Gasteiger partial charge >= 0.3 is 0 Å². The summed E-state index contributed by atoms with van der Waals surface area (Å²) in [5.74, 6) is 0.780. The van der Waals surface area contributed by atoms with Crippen LogP contribution in [0.2, 0.25) is 0 Å². The third-order valence-electron chi connectivity index (χ3n) is 6.48. The normalized spacial score (nSPS) is 25.4. The van der Waals surface area contributed by atoms with E-state index in [-0.39, 0.29) is 5.91 Å². The average molecular weight is 365 g/mol. The van der Waals surface area contributed by atoms with E-state index < -0.39 is 0 Å². The Labute approximate surface area is 155 Å². The van der Waals surface area contributed by atoms with Crippen molar-refractivity contribution >= 4 is 22.2 Å². The van der Waals surface area contributed by atoms with E-state index in [4.69, 9.17) is 0 Å². The van der Waals surface area contributed by atoms with Gasteiger partial charge in [0.15, 0.2) is 5.01 Å². The van der Waals surface area contributed by atoms with Crippen LogP contribution in [0.15, 0.2) is 6.20 Å². The monoisotopic (exact) mass is 364 g/mol. The van der Waals surface area contributed by atoms with Gasteiger partial charge in [0, 0.05) is 39.3 Å². The van der Waals surface area contributed by atoms with Gasteiger partial charge in [-0.05, 0) is 30.6 Å². The minimum absolute atomic E-state index is 0.0922. The number of carbonyl (C=O) groups excluding carboxylic acids is 1. The molecular weight excluding hydrogens is 332 g/mol. The lowest BCUT2D eigenvalue weighted by Crippen LogP contribution is -2.49. The number of carbonyl (C=O) groups is 1. The summed E-state index contributed by atoms with van der Waals surface area (Å²) >= 11 is 1.50. The van der Waals surface area contributed by atoms with Crippen LogP contribution in [0.1, 0.15) is 56.3 Å². The third-order valence-corrected chi connectivity index (χ3v) is 7.54. The predicted molar refractivity (Wildman–Crippen MR) is 104 cm³/mol. The van der Waals surface area contributed by atoms with Crippen LogP contribution in [0.3, 0.4) is 0 Å². The molecule has 1 N–H and O–H groups in total. The first-order valence-electron chi connectivity index (χ1n) is 9.61. The topological polar surface area (TPSA) is 48.5 Å². The first-order chi connectivity index (χ1) is 11.9. The Morgan fingerprint density at radius 2 is 2.04 bits per heavy atom. The van der Waals surface area contributed by atoms with Crippen molar-refractivity contribution in [2.24, 2.45) is 11.3 Å². The maximum Gasteiger partial charge on any atom is 0.280 e. The summed E-state index contributed by atoms with van der Waals surface area (Å²) in [5.41, 5.74) is 0.482. The van der Waals surface area contributed by atoms with E-state index in [0.717, 1.165) is 43.1 Å². The predicted octanol–water partition coefficient (Wildman–Crippen LogP) is 3.23. The molecule has 2 atom stereocenters. The molecule has 5 nitrogen and oxygen atoms in total. The summed E-state index contributed by atoms with van der Waals surface area (Å²) in [6.07, 6.45) is 7.23. The van der Waals surface area contributed by atoms with Crippen molar-refractivity contribution in [3.8, 4) is 0 Å². The van der Waals surface area contributed by atoms with Gasteiger partial charge in [-0.3, -0.25) is 9.69 Å². The molecule has 6 heteroatoms. The number of hydrogen-bond acceptors (Lipinski definition) is 5. The van der Waals surface area contributed by atoms with Gasteiger partial charge in [-0.25, -0.2) is 4.98 Å². The van der Waals surface area contributed by atoms with Gasteiger partial charge in [0.05, 0.1) is 6.20 Å². The molecule has 1 unspecified atom stereocenters. The van der Waals surface area contributed by atoms with E-state index in [1.807, 2.05) is 6.20 Å². The molecule has 0 radical (unpaired) electrons. The Morgan fingerprint density at radius 3 is 2.68 bits per heavy atom. The highest BCUT2D eigenvalue weighted by atomic mass is 32.1. The van der Waals surface area contributed by atoms with Crippen molar-refractivity contribution in [1.29, 1.82) is 0 Å². The highest BCUT2D eigenvalue weighted by Gasteiger charge is 2.37. The summed E-state index contributed by atoms with van der Waals surface area (Å²) < 4.78 is 0. The molecule has 1 aliphatic heterocycles. The van der Waals surface area contributed by atoms with E-state index in [2.05, 4.69) is 40.9 Å². The van der Waals surface area contributed by atoms with Crippen LogP contribution in [0, 0.1) is 11.3 Å². The van der Waals surface area contributed by atoms with Gasteiger partial charge in [-0.1, -0.05) is 38.5 Å². The summed E-state index contributed by atoms with van der Waals surface area (Å²) in [6.45, 7) is 11.5. The van der Waals surface area contributed by atoms with Gasteiger partial charge in [0.2, 0.25) is 0 Å². The fourth-order valence-corrected chi connectivity index (χ4v) is 5.13. The van der Waals surface area contributed by atoms with Crippen LogP contribution >= 0.6 is 11.3 Å². The van der Waals surface area contributed by atoms with Gasteiger partial charge in [-0.2, -0.15) is 0 Å². The Bertz CT molecular complexity index is 592. The average Bonchev–Trinajstić information content (AvgIpc) is 3.31. The second kappa shape index (κ2) is 7.62. The lowest BCUT2D eigenvalue weighted by molar-refractivity contribution is 0.0962. The molecule has 140 valence electrons. The molecule has 2 heterocycles. The number of thiazole rings is 1. The van der Waals surface area contributed by atoms with Gasteiger partial charge in [0.1, 0.15) is 5.00 Å². The molecule has 1 aromatic rings. The highest BCUT2D eigenvalue weighted by molar-refractivity contribution is 7.17. The lowest BCUT2D eigenvalue weighted by Gasteiger charge is -2.39. The van der Waals surface area contributed by atoms with Crippen LogP contribution in [-0.2, 0) is 0 Å². The molecule has 25 heavy (non-hydrogen) atoms. The first-order valence-corrected chi connectivity index (χ1v) is 10.4. The van der Waals surface area contributed by atoms with Gasteiger partial charge < -0.3 is 10.2 Å². The standard InChI is InChI=1S/C19H32N4OS/c1-5-19(2,3)14-6-7-15(12-14)22-8-10-23(11-9-22)16-13-21-18(25-16)17(24)20-4/h13-15H,5-12H2,1-4H3,(H,20,24)/t14?,15-/m1/s1. The molecule has 0 spiro atoms. The highest BCUT2D eigenvalue weighted by Crippen LogP contribution is 2.43. The molecule has 1 amide bonds. The Morgan fingerprint density at radius 1 is 1.32 bits per heavy atom. The second-order valence-electron chi connectivity index (χ2n) is 8.11. The number of nitrogens with zero attached hydrogens (tertiary/aromatic N) is 3. The quantitative estimate of drug-likeness (QED) is 0.871. The molecular formula is C19H32N4OS. The van der Waals surface area contributed by atoms with Gasteiger partial charge in [-0.15, -0.1) is 0 Å². The van der Waals surface area contributed by atoms with Crippen LogP contribution < -0.4 is 10.2 Å². The number of amides is 1. The summed E-state index contributed by atoms with van der Waals surface area (Å²) in [7, 11) is 1.65. The van der Waals surface area contributed by atoms with Crippen LogP contribution in [-0.4, -0.2) is 55.1 Å². The summed E-state index contributed by atoms with van der Waals surface area (Å²) in [4.78, 5) is 21.0. The zero-order valence-electron chi connectivity index (χ0n) is 16.0. The number of anilines is 1. The van der Waals surface area contributed by atoms with Crippen LogP contribution in [0.25, 0.3) is 0 Å². The molecule has 1 aliphatic carbocycles. The summed E-state index contributed by atoms with van der Waals surface area (Å²) in [6, 6.07) is 0.765. The molecule has 3 rings (SSSR count). The molecule has 1 saturated carbocycles. The zero-order chi connectivity index (χ0) is 18.0. The number of piperazine rings is 1. The van der Waals surface area contributed by atoms with E-state index in [0.29, 0.717) is 10.4 Å². The van der Waals surface area contributed by atoms with Crippen molar-refractivity contribution in [3.05, 3.63) is 11.2 Å². The number of aromatic nitrogens is 1. The summed E-state index contributed by atoms with van der Waals surface area (Å²) in [5, 5.41) is 4.32. The number of rotatable bonds is 5. The van der Waals surface area contributed by atoms with Gasteiger partial charge in [0.25, 0.3) is 5.91 Å². The fraction of sp³-hybridized carbons (Fsp3) is 0.789. The number of nitrogens with one attached hydrogen (secondary N) is 1. The molecule has 0 aromatic carbocycles. The maximum absolute atomic E-state index is 11.7. The molecule has 1 aromatic heterocycles. The van der Waals surface area contributed by atoms with E-state index in [1.54, 1.807) is 7.05 Å². The second-order valence-corrected chi connectivity index (χ2v) is 9.12. The minimum atomic E-state index is -0.0922. The van der Waals surface area contributed by atoms with Crippen molar-refractivity contribution in [2.75, 3.05) is 38.1 Å². The number of hydrogen-bond donors (Lipinski definition) is 1. The Kier molecular flexibility index (Phi) is 5.68. The van der Waals surface area contributed by atoms with Crippen LogP contribution in [0.5, 0.6) is 0 Å².